The molecule has 1 saturated heterocycles. The van der Waals surface area contributed by atoms with Crippen molar-refractivity contribution in [3.05, 3.63) is 29.6 Å². The minimum atomic E-state index is -3.97. The number of piperidine rings is 1. The molecule has 1 aliphatic heterocycles. The van der Waals surface area contributed by atoms with Gasteiger partial charge in [0.25, 0.3) is 0 Å². The number of halogens is 2. The van der Waals surface area contributed by atoms with Crippen LogP contribution < -0.4 is 5.73 Å². The van der Waals surface area contributed by atoms with Crippen molar-refractivity contribution in [2.24, 2.45) is 11.7 Å². The van der Waals surface area contributed by atoms with Gasteiger partial charge in [0.2, 0.25) is 10.0 Å². The first-order valence-corrected chi connectivity index (χ1v) is 8.85. The molecule has 1 heterocycles. The summed E-state index contributed by atoms with van der Waals surface area (Å²) in [6.07, 6.45) is 1.28. The molecular weight excluding hydrogens is 359 g/mol. The molecule has 0 aliphatic carbocycles. The highest BCUT2D eigenvalue weighted by molar-refractivity contribution is 7.89. The number of hydrogen-bond donors (Lipinski definition) is 1. The van der Waals surface area contributed by atoms with Crippen LogP contribution in [0, 0.1) is 11.7 Å². The molecule has 0 bridgehead atoms. The van der Waals surface area contributed by atoms with Gasteiger partial charge in [0.1, 0.15) is 11.4 Å². The van der Waals surface area contributed by atoms with Crippen molar-refractivity contribution in [1.29, 1.82) is 0 Å². The standard InChI is InChI=1S/C15H21FN2O4S.ClH/c1-10(17)11-6-8-18(9-7-11)23(20,21)13-5-3-4-12(16)14(13)15(19)22-2;/h3-5,10-11H,6-9,17H2,1-2H3;1H. The first-order chi connectivity index (χ1) is 10.8. The van der Waals surface area contributed by atoms with Gasteiger partial charge in [-0.15, -0.1) is 12.4 Å². The highest BCUT2D eigenvalue weighted by Crippen LogP contribution is 2.28. The summed E-state index contributed by atoms with van der Waals surface area (Å²) in [5.41, 5.74) is 5.30. The molecule has 6 nitrogen and oxygen atoms in total. The number of sulfonamides is 1. The Balaban J connectivity index is 0.00000288. The predicted molar refractivity (Wildman–Crippen MR) is 90.1 cm³/mol. The lowest BCUT2D eigenvalue weighted by Gasteiger charge is -2.33. The zero-order valence-electron chi connectivity index (χ0n) is 13.6. The number of esters is 1. The molecule has 0 spiro atoms. The lowest BCUT2D eigenvalue weighted by Crippen LogP contribution is -2.42. The quantitative estimate of drug-likeness (QED) is 0.804. The van der Waals surface area contributed by atoms with Gasteiger partial charge in [-0.25, -0.2) is 17.6 Å². The largest absolute Gasteiger partial charge is 0.465 e. The van der Waals surface area contributed by atoms with Crippen LogP contribution in [-0.2, 0) is 14.8 Å². The van der Waals surface area contributed by atoms with Crippen molar-refractivity contribution in [1.82, 2.24) is 4.31 Å². The lowest BCUT2D eigenvalue weighted by molar-refractivity contribution is 0.0590. The van der Waals surface area contributed by atoms with Gasteiger partial charge in [-0.3, -0.25) is 0 Å². The van der Waals surface area contributed by atoms with Gasteiger partial charge < -0.3 is 10.5 Å². The second kappa shape index (κ2) is 8.24. The predicted octanol–water partition coefficient (Wildman–Crippen LogP) is 1.78. The summed E-state index contributed by atoms with van der Waals surface area (Å²) < 4.78 is 45.3. The second-order valence-electron chi connectivity index (χ2n) is 5.71. The topological polar surface area (TPSA) is 89.7 Å². The molecule has 0 saturated carbocycles. The summed E-state index contributed by atoms with van der Waals surface area (Å²) in [6, 6.07) is 3.53. The Morgan fingerprint density at radius 1 is 1.38 bits per heavy atom. The van der Waals surface area contributed by atoms with E-state index in [-0.39, 0.29) is 29.3 Å². The van der Waals surface area contributed by atoms with Crippen molar-refractivity contribution in [3.8, 4) is 0 Å². The van der Waals surface area contributed by atoms with E-state index in [9.17, 15) is 17.6 Å². The first kappa shape index (κ1) is 20.8. The first-order valence-electron chi connectivity index (χ1n) is 7.41. The Labute approximate surface area is 147 Å². The average Bonchev–Trinajstić information content (AvgIpc) is 2.54. The van der Waals surface area contributed by atoms with Crippen LogP contribution in [0.2, 0.25) is 0 Å². The Bertz CT molecular complexity index is 689. The SMILES string of the molecule is COC(=O)c1c(F)cccc1S(=O)(=O)N1CCC(C(C)N)CC1.Cl. The van der Waals surface area contributed by atoms with Gasteiger partial charge >= 0.3 is 5.97 Å². The van der Waals surface area contributed by atoms with E-state index in [1.165, 1.54) is 16.4 Å². The molecule has 1 aromatic rings. The molecule has 0 radical (unpaired) electrons. The number of rotatable bonds is 4. The van der Waals surface area contributed by atoms with E-state index >= 15 is 0 Å². The molecule has 24 heavy (non-hydrogen) atoms. The van der Waals surface area contributed by atoms with Crippen LogP contribution in [0.5, 0.6) is 0 Å². The molecule has 1 aromatic carbocycles. The maximum absolute atomic E-state index is 14.0. The van der Waals surface area contributed by atoms with E-state index in [1.807, 2.05) is 6.92 Å². The van der Waals surface area contributed by atoms with Crippen molar-refractivity contribution in [3.63, 3.8) is 0 Å². The van der Waals surface area contributed by atoms with Crippen LogP contribution in [-0.4, -0.2) is 44.9 Å². The van der Waals surface area contributed by atoms with E-state index in [0.717, 1.165) is 13.2 Å². The summed E-state index contributed by atoms with van der Waals surface area (Å²) in [6.45, 7) is 2.49. The summed E-state index contributed by atoms with van der Waals surface area (Å²) in [5.74, 6) is -1.66. The van der Waals surface area contributed by atoms with Gasteiger partial charge in [-0.05, 0) is 37.8 Å². The fourth-order valence-corrected chi connectivity index (χ4v) is 4.46. The highest BCUT2D eigenvalue weighted by Gasteiger charge is 2.34. The maximum atomic E-state index is 14.0. The van der Waals surface area contributed by atoms with Gasteiger partial charge in [0.15, 0.2) is 0 Å². The minimum Gasteiger partial charge on any atom is -0.465 e. The van der Waals surface area contributed by atoms with Crippen molar-refractivity contribution >= 4 is 28.4 Å². The Hall–Kier alpha value is -1.22. The third-order valence-electron chi connectivity index (χ3n) is 4.22. The van der Waals surface area contributed by atoms with Crippen LogP contribution in [0.25, 0.3) is 0 Å². The summed E-state index contributed by atoms with van der Waals surface area (Å²) in [5, 5.41) is 0. The van der Waals surface area contributed by atoms with Gasteiger partial charge in [-0.1, -0.05) is 6.07 Å². The summed E-state index contributed by atoms with van der Waals surface area (Å²) in [4.78, 5) is 11.4. The van der Waals surface area contributed by atoms with Crippen molar-refractivity contribution in [2.45, 2.75) is 30.7 Å². The van der Waals surface area contributed by atoms with Crippen LogP contribution in [0.3, 0.4) is 0 Å². The van der Waals surface area contributed by atoms with Gasteiger partial charge in [-0.2, -0.15) is 4.31 Å². The smallest absolute Gasteiger partial charge is 0.342 e. The van der Waals surface area contributed by atoms with Crippen molar-refractivity contribution < 1.29 is 22.3 Å². The number of carbonyl (C=O) groups is 1. The number of hydrogen-bond acceptors (Lipinski definition) is 5. The average molecular weight is 381 g/mol. The molecule has 0 amide bonds. The molecule has 9 heteroatoms. The molecular formula is C15H22ClFN2O4S. The molecule has 0 aromatic heterocycles. The normalized spacial score (nSPS) is 17.8. The molecule has 1 aliphatic rings. The van der Waals surface area contributed by atoms with E-state index < -0.39 is 27.4 Å². The number of carbonyl (C=O) groups excluding carboxylic acids is 1. The fraction of sp³-hybridized carbons (Fsp3) is 0.533. The molecule has 1 atom stereocenters. The third-order valence-corrected chi connectivity index (χ3v) is 6.17. The van der Waals surface area contributed by atoms with Gasteiger partial charge in [0, 0.05) is 19.1 Å². The molecule has 2 N–H and O–H groups in total. The molecule has 136 valence electrons. The van der Waals surface area contributed by atoms with Gasteiger partial charge in [0.05, 0.1) is 12.0 Å². The van der Waals surface area contributed by atoms with Crippen LogP contribution in [0.4, 0.5) is 4.39 Å². The molecule has 1 unspecified atom stereocenters. The van der Waals surface area contributed by atoms with Crippen LogP contribution >= 0.6 is 12.4 Å². The van der Waals surface area contributed by atoms with Crippen molar-refractivity contribution in [2.75, 3.05) is 20.2 Å². The Morgan fingerprint density at radius 3 is 2.46 bits per heavy atom. The Morgan fingerprint density at radius 2 is 1.96 bits per heavy atom. The Kier molecular flexibility index (Phi) is 7.15. The fourth-order valence-electron chi connectivity index (χ4n) is 2.80. The zero-order chi connectivity index (χ0) is 17.2. The number of benzene rings is 1. The summed E-state index contributed by atoms with van der Waals surface area (Å²) >= 11 is 0. The molecule has 2 rings (SSSR count). The number of methoxy groups -OCH3 is 1. The lowest BCUT2D eigenvalue weighted by atomic mass is 9.92. The second-order valence-corrected chi connectivity index (χ2v) is 7.61. The van der Waals surface area contributed by atoms with E-state index in [2.05, 4.69) is 4.74 Å². The minimum absolute atomic E-state index is 0. The number of nitrogens with zero attached hydrogens (tertiary/aromatic N) is 1. The van der Waals surface area contributed by atoms with Crippen LogP contribution in [0.1, 0.15) is 30.1 Å². The monoisotopic (exact) mass is 380 g/mol. The van der Waals surface area contributed by atoms with E-state index in [4.69, 9.17) is 5.73 Å². The van der Waals surface area contributed by atoms with E-state index in [0.29, 0.717) is 25.9 Å². The summed E-state index contributed by atoms with van der Waals surface area (Å²) in [7, 11) is -2.89. The third kappa shape index (κ3) is 4.05. The highest BCUT2D eigenvalue weighted by atomic mass is 35.5. The van der Waals surface area contributed by atoms with E-state index in [1.54, 1.807) is 0 Å². The number of ether oxygens (including phenoxy) is 1. The zero-order valence-corrected chi connectivity index (χ0v) is 15.2. The number of nitrogens with two attached hydrogens (primary N) is 1. The van der Waals surface area contributed by atoms with Crippen LogP contribution in [0.15, 0.2) is 23.1 Å². The molecule has 1 fully saturated rings. The maximum Gasteiger partial charge on any atom is 0.342 e.